The number of aryl methyl sites for hydroxylation is 1. The normalized spacial score (nSPS) is 23.5. The number of nitrogens with zero attached hydrogens (tertiary/aromatic N) is 2. The fourth-order valence-corrected chi connectivity index (χ4v) is 3.17. The molecule has 0 spiro atoms. The van der Waals surface area contributed by atoms with E-state index in [9.17, 15) is 0 Å². The molecule has 0 radical (unpaired) electrons. The third-order valence-electron chi connectivity index (χ3n) is 4.77. The number of hydrogen-bond acceptors (Lipinski definition) is 3. The Hall–Kier alpha value is -1.55. The van der Waals surface area contributed by atoms with Gasteiger partial charge in [-0.2, -0.15) is 0 Å². The van der Waals surface area contributed by atoms with Gasteiger partial charge in [0, 0.05) is 18.2 Å². The third kappa shape index (κ3) is 3.97. The van der Waals surface area contributed by atoms with Gasteiger partial charge in [-0.05, 0) is 62.8 Å². The van der Waals surface area contributed by atoms with Gasteiger partial charge in [-0.25, -0.2) is 0 Å². The second kappa shape index (κ2) is 6.94. The lowest BCUT2D eigenvalue weighted by atomic mass is 9.86. The van der Waals surface area contributed by atoms with E-state index in [2.05, 4.69) is 37.0 Å². The second-order valence-corrected chi connectivity index (χ2v) is 6.46. The summed E-state index contributed by atoms with van der Waals surface area (Å²) in [6.07, 6.45) is 5.30. The minimum atomic E-state index is 0.166. The summed E-state index contributed by atoms with van der Waals surface area (Å²) in [4.78, 5) is 2.47. The molecular formula is C17H27N3O. The average molecular weight is 289 g/mol. The maximum Gasteiger partial charge on any atom is 0.170 e. The van der Waals surface area contributed by atoms with E-state index in [0.29, 0.717) is 6.04 Å². The highest BCUT2D eigenvalue weighted by Gasteiger charge is 2.21. The van der Waals surface area contributed by atoms with Crippen LogP contribution in [0.1, 0.15) is 49.3 Å². The van der Waals surface area contributed by atoms with Gasteiger partial charge in [0.15, 0.2) is 5.84 Å². The Morgan fingerprint density at radius 3 is 2.57 bits per heavy atom. The van der Waals surface area contributed by atoms with Gasteiger partial charge in [-0.1, -0.05) is 24.2 Å². The monoisotopic (exact) mass is 289 g/mol. The van der Waals surface area contributed by atoms with Crippen LogP contribution in [0.3, 0.4) is 0 Å². The first-order valence-electron chi connectivity index (χ1n) is 7.79. The fraction of sp³-hybridized carbons (Fsp3) is 0.588. The molecule has 116 valence electrons. The molecule has 1 fully saturated rings. The zero-order valence-electron chi connectivity index (χ0n) is 13.3. The summed E-state index contributed by atoms with van der Waals surface area (Å²) in [6.45, 7) is 5.40. The van der Waals surface area contributed by atoms with Gasteiger partial charge in [-0.15, -0.1) is 0 Å². The van der Waals surface area contributed by atoms with Gasteiger partial charge in [0.1, 0.15) is 0 Å². The molecule has 1 aromatic carbocycles. The van der Waals surface area contributed by atoms with E-state index in [0.717, 1.165) is 18.0 Å². The summed E-state index contributed by atoms with van der Waals surface area (Å²) in [5, 5.41) is 11.8. The Bertz CT molecular complexity index is 505. The maximum atomic E-state index is 8.74. The summed E-state index contributed by atoms with van der Waals surface area (Å²) < 4.78 is 0. The molecule has 1 aliphatic rings. The lowest BCUT2D eigenvalue weighted by Gasteiger charge is -2.34. The number of rotatable bonds is 4. The predicted molar refractivity (Wildman–Crippen MR) is 86.6 cm³/mol. The molecule has 0 atom stereocenters. The number of amidine groups is 1. The highest BCUT2D eigenvalue weighted by atomic mass is 16.4. The number of benzene rings is 1. The largest absolute Gasteiger partial charge is 0.409 e. The van der Waals surface area contributed by atoms with Gasteiger partial charge in [0.2, 0.25) is 0 Å². The first-order valence-corrected chi connectivity index (χ1v) is 7.79. The first-order chi connectivity index (χ1) is 10.0. The molecular weight excluding hydrogens is 262 g/mol. The van der Waals surface area contributed by atoms with Crippen LogP contribution in [0.15, 0.2) is 23.4 Å². The molecule has 1 aliphatic carbocycles. The lowest BCUT2D eigenvalue weighted by Crippen LogP contribution is -2.34. The molecule has 4 heteroatoms. The topological polar surface area (TPSA) is 61.9 Å². The van der Waals surface area contributed by atoms with Gasteiger partial charge in [0.25, 0.3) is 0 Å². The second-order valence-electron chi connectivity index (χ2n) is 6.46. The van der Waals surface area contributed by atoms with E-state index in [1.165, 1.54) is 36.8 Å². The third-order valence-corrected chi connectivity index (χ3v) is 4.77. The van der Waals surface area contributed by atoms with Crippen molar-refractivity contribution < 1.29 is 5.21 Å². The minimum absolute atomic E-state index is 0.166. The standard InChI is InChI=1S/C17H27N3O/c1-12-4-8-16(9-5-12)20(3)11-15-7-6-14(10-13(15)2)17(18)19-21/h6-7,10,12,16,21H,4-5,8-9,11H2,1-3H3,(H2,18,19). The first kappa shape index (κ1) is 15.8. The number of hydrogen-bond donors (Lipinski definition) is 2. The van der Waals surface area contributed by atoms with E-state index < -0.39 is 0 Å². The van der Waals surface area contributed by atoms with Gasteiger partial charge >= 0.3 is 0 Å². The van der Waals surface area contributed by atoms with Crippen molar-refractivity contribution in [2.75, 3.05) is 7.05 Å². The molecule has 2 rings (SSSR count). The zero-order chi connectivity index (χ0) is 15.4. The van der Waals surface area contributed by atoms with Gasteiger partial charge < -0.3 is 10.9 Å². The summed E-state index contributed by atoms with van der Waals surface area (Å²) in [5.74, 6) is 1.05. The van der Waals surface area contributed by atoms with Crippen molar-refractivity contribution in [3.8, 4) is 0 Å². The van der Waals surface area contributed by atoms with Crippen molar-refractivity contribution in [3.63, 3.8) is 0 Å². The van der Waals surface area contributed by atoms with E-state index in [-0.39, 0.29) is 5.84 Å². The molecule has 0 heterocycles. The molecule has 0 aliphatic heterocycles. The molecule has 0 aromatic heterocycles. The van der Waals surface area contributed by atoms with Gasteiger partial charge in [-0.3, -0.25) is 4.90 Å². The number of nitrogens with two attached hydrogens (primary N) is 1. The van der Waals surface area contributed by atoms with Crippen LogP contribution in [0.5, 0.6) is 0 Å². The van der Waals surface area contributed by atoms with Crippen molar-refractivity contribution in [2.45, 2.75) is 52.1 Å². The molecule has 1 aromatic rings. The van der Waals surface area contributed by atoms with Crippen LogP contribution >= 0.6 is 0 Å². The Morgan fingerprint density at radius 1 is 1.33 bits per heavy atom. The Kier molecular flexibility index (Phi) is 5.23. The fourth-order valence-electron chi connectivity index (χ4n) is 3.17. The molecule has 21 heavy (non-hydrogen) atoms. The molecule has 3 N–H and O–H groups in total. The van der Waals surface area contributed by atoms with Gasteiger partial charge in [0.05, 0.1) is 0 Å². The van der Waals surface area contributed by atoms with Crippen LogP contribution < -0.4 is 5.73 Å². The highest BCUT2D eigenvalue weighted by Crippen LogP contribution is 2.27. The molecule has 0 amide bonds. The van der Waals surface area contributed by atoms with Crippen molar-refractivity contribution in [1.82, 2.24) is 4.90 Å². The summed E-state index contributed by atoms with van der Waals surface area (Å²) in [5.41, 5.74) is 8.91. The molecule has 1 saturated carbocycles. The SMILES string of the molecule is Cc1cc(/C(N)=N/O)ccc1CN(C)C1CCC(C)CC1. The van der Waals surface area contributed by atoms with E-state index >= 15 is 0 Å². The van der Waals surface area contributed by atoms with Crippen LogP contribution in [0.25, 0.3) is 0 Å². The predicted octanol–water partition coefficient (Wildman–Crippen LogP) is 3.10. The Labute approximate surface area is 127 Å². The number of oxime groups is 1. The smallest absolute Gasteiger partial charge is 0.170 e. The Morgan fingerprint density at radius 2 is 2.00 bits per heavy atom. The quantitative estimate of drug-likeness (QED) is 0.387. The van der Waals surface area contributed by atoms with Crippen molar-refractivity contribution >= 4 is 5.84 Å². The van der Waals surface area contributed by atoms with Crippen LogP contribution in [0, 0.1) is 12.8 Å². The highest BCUT2D eigenvalue weighted by molar-refractivity contribution is 5.97. The van der Waals surface area contributed by atoms with E-state index in [4.69, 9.17) is 10.9 Å². The van der Waals surface area contributed by atoms with Crippen LogP contribution in [-0.4, -0.2) is 29.0 Å². The van der Waals surface area contributed by atoms with Crippen molar-refractivity contribution in [3.05, 3.63) is 34.9 Å². The summed E-state index contributed by atoms with van der Waals surface area (Å²) >= 11 is 0. The van der Waals surface area contributed by atoms with Crippen LogP contribution in [-0.2, 0) is 6.54 Å². The lowest BCUT2D eigenvalue weighted by molar-refractivity contribution is 0.163. The maximum absolute atomic E-state index is 8.74. The molecule has 0 saturated heterocycles. The average Bonchev–Trinajstić information content (AvgIpc) is 2.49. The molecule has 4 nitrogen and oxygen atoms in total. The molecule has 0 unspecified atom stereocenters. The van der Waals surface area contributed by atoms with Crippen LogP contribution in [0.4, 0.5) is 0 Å². The van der Waals surface area contributed by atoms with E-state index in [1.807, 2.05) is 12.1 Å². The zero-order valence-corrected chi connectivity index (χ0v) is 13.3. The minimum Gasteiger partial charge on any atom is -0.409 e. The summed E-state index contributed by atoms with van der Waals surface area (Å²) in [7, 11) is 2.22. The van der Waals surface area contributed by atoms with Crippen LogP contribution in [0.2, 0.25) is 0 Å². The Balaban J connectivity index is 2.02. The van der Waals surface area contributed by atoms with Crippen molar-refractivity contribution in [2.24, 2.45) is 16.8 Å². The van der Waals surface area contributed by atoms with Crippen molar-refractivity contribution in [1.29, 1.82) is 0 Å². The molecule has 0 bridgehead atoms. The summed E-state index contributed by atoms with van der Waals surface area (Å²) in [6, 6.07) is 6.70. The van der Waals surface area contributed by atoms with E-state index in [1.54, 1.807) is 0 Å².